The number of allylic oxidation sites excluding steroid dienone is 1. The molecule has 2 rings (SSSR count). The second-order valence-electron chi connectivity index (χ2n) is 4.89. The number of rotatable bonds is 5. The number of ketones is 1. The summed E-state index contributed by atoms with van der Waals surface area (Å²) in [5, 5.41) is 3.72. The van der Waals surface area contributed by atoms with Crippen molar-refractivity contribution in [1.29, 1.82) is 0 Å². The smallest absolute Gasteiger partial charge is 0.212 e. The monoisotopic (exact) mass is 425 g/mol. The van der Waals surface area contributed by atoms with Crippen molar-refractivity contribution in [1.82, 2.24) is 0 Å². The number of carbonyl (C=O) groups excluding carboxylic acids is 1. The third-order valence-electron chi connectivity index (χ3n) is 3.21. The van der Waals surface area contributed by atoms with Crippen LogP contribution >= 0.6 is 39.1 Å². The largest absolute Gasteiger partial charge is 0.382 e. The van der Waals surface area contributed by atoms with E-state index < -0.39 is 5.78 Å². The normalized spacial score (nSPS) is 10.8. The summed E-state index contributed by atoms with van der Waals surface area (Å²) in [6, 6.07) is 10.0. The lowest BCUT2D eigenvalue weighted by Gasteiger charge is -2.00. The van der Waals surface area contributed by atoms with Crippen molar-refractivity contribution in [3.63, 3.8) is 0 Å². The zero-order valence-electron chi connectivity index (χ0n) is 12.8. The first kappa shape index (κ1) is 18.7. The number of halogens is 3. The highest BCUT2D eigenvalue weighted by atomic mass is 79.9. The van der Waals surface area contributed by atoms with E-state index in [1.807, 2.05) is 6.92 Å². The summed E-state index contributed by atoms with van der Waals surface area (Å²) in [6.45, 7) is 2.46. The molecule has 0 saturated carbocycles. The zero-order chi connectivity index (χ0) is 17.7. The second-order valence-corrected chi connectivity index (χ2v) is 6.59. The second kappa shape index (κ2) is 8.47. The van der Waals surface area contributed by atoms with Crippen molar-refractivity contribution in [3.8, 4) is 0 Å². The molecule has 0 aliphatic carbocycles. The molecule has 0 aliphatic rings. The maximum absolute atomic E-state index is 12.5. The van der Waals surface area contributed by atoms with Gasteiger partial charge in [0.25, 0.3) is 0 Å². The average molecular weight is 427 g/mol. The fourth-order valence-corrected chi connectivity index (χ4v) is 2.78. The summed E-state index contributed by atoms with van der Waals surface area (Å²) in [5.41, 5.74) is 0.698. The maximum Gasteiger partial charge on any atom is 0.212 e. The van der Waals surface area contributed by atoms with E-state index >= 15 is 0 Å². The molecule has 0 atom stereocenters. The van der Waals surface area contributed by atoms with Crippen molar-refractivity contribution in [2.45, 2.75) is 6.92 Å². The van der Waals surface area contributed by atoms with Crippen LogP contribution in [0.3, 0.4) is 0 Å². The van der Waals surface area contributed by atoms with Crippen LogP contribution in [0.15, 0.2) is 51.7 Å². The lowest BCUT2D eigenvalue weighted by molar-refractivity contribution is 0.104. The van der Waals surface area contributed by atoms with Gasteiger partial charge in [0, 0.05) is 11.0 Å². The molecule has 0 saturated heterocycles. The molecule has 0 fully saturated rings. The quantitative estimate of drug-likeness (QED) is 0.511. The Balaban J connectivity index is 2.43. The molecule has 0 amide bonds. The minimum atomic E-state index is -0.410. The SMILES string of the molecule is CCNc1ccc(Br)cc(C(=O)C=Cc2cccc(Cl)c2Cl)c1=O. The van der Waals surface area contributed by atoms with Crippen LogP contribution in [0.5, 0.6) is 0 Å². The molecule has 0 unspecified atom stereocenters. The number of carbonyl (C=O) groups is 1. The Bertz CT molecular complexity index is 866. The number of hydrogen-bond acceptors (Lipinski definition) is 3. The Morgan fingerprint density at radius 3 is 2.71 bits per heavy atom. The van der Waals surface area contributed by atoms with Crippen LogP contribution in [0.25, 0.3) is 6.08 Å². The van der Waals surface area contributed by atoms with Crippen LogP contribution in [-0.2, 0) is 0 Å². The van der Waals surface area contributed by atoms with E-state index in [0.717, 1.165) is 0 Å². The first-order valence-corrected chi connectivity index (χ1v) is 8.73. The third-order valence-corrected chi connectivity index (χ3v) is 4.54. The van der Waals surface area contributed by atoms with Crippen LogP contribution < -0.4 is 10.7 Å². The summed E-state index contributed by atoms with van der Waals surface area (Å²) in [4.78, 5) is 25.0. The van der Waals surface area contributed by atoms with E-state index in [9.17, 15) is 9.59 Å². The van der Waals surface area contributed by atoms with Crippen molar-refractivity contribution in [2.24, 2.45) is 0 Å². The molecule has 3 nitrogen and oxygen atoms in total. The van der Waals surface area contributed by atoms with E-state index in [4.69, 9.17) is 23.2 Å². The Hall–Kier alpha value is -1.62. The van der Waals surface area contributed by atoms with Gasteiger partial charge in [-0.2, -0.15) is 0 Å². The Morgan fingerprint density at radius 2 is 2.00 bits per heavy atom. The first-order chi connectivity index (χ1) is 11.4. The summed E-state index contributed by atoms with van der Waals surface area (Å²) >= 11 is 15.4. The fourth-order valence-electron chi connectivity index (χ4n) is 2.05. The lowest BCUT2D eigenvalue weighted by Crippen LogP contribution is -2.15. The third kappa shape index (κ3) is 4.47. The van der Waals surface area contributed by atoms with Gasteiger partial charge in [0.15, 0.2) is 5.78 Å². The van der Waals surface area contributed by atoms with Gasteiger partial charge in [-0.25, -0.2) is 0 Å². The molecular formula is C18H14BrCl2NO2. The van der Waals surface area contributed by atoms with Gasteiger partial charge in [-0.1, -0.05) is 51.3 Å². The number of benzene rings is 1. The van der Waals surface area contributed by atoms with Crippen LogP contribution in [0.1, 0.15) is 22.8 Å². The van der Waals surface area contributed by atoms with Gasteiger partial charge in [0.2, 0.25) is 5.43 Å². The average Bonchev–Trinajstić information content (AvgIpc) is 2.69. The molecule has 0 bridgehead atoms. The predicted octanol–water partition coefficient (Wildman–Crippen LogP) is 5.44. The maximum atomic E-state index is 12.5. The molecule has 0 radical (unpaired) electrons. The first-order valence-electron chi connectivity index (χ1n) is 7.18. The van der Waals surface area contributed by atoms with Gasteiger partial charge in [0.1, 0.15) is 0 Å². The molecule has 0 heterocycles. The van der Waals surface area contributed by atoms with Gasteiger partial charge in [-0.05, 0) is 48.9 Å². The summed E-state index contributed by atoms with van der Waals surface area (Å²) in [6.07, 6.45) is 2.86. The molecule has 1 N–H and O–H groups in total. The minimum absolute atomic E-state index is 0.0669. The van der Waals surface area contributed by atoms with Crippen LogP contribution in [0.2, 0.25) is 10.0 Å². The topological polar surface area (TPSA) is 46.2 Å². The number of hydrogen-bond donors (Lipinski definition) is 1. The molecule has 6 heteroatoms. The number of anilines is 1. The molecule has 24 heavy (non-hydrogen) atoms. The van der Waals surface area contributed by atoms with E-state index in [2.05, 4.69) is 21.2 Å². The Labute approximate surface area is 158 Å². The van der Waals surface area contributed by atoms with Gasteiger partial charge in [0.05, 0.1) is 21.3 Å². The minimum Gasteiger partial charge on any atom is -0.382 e. The Morgan fingerprint density at radius 1 is 1.25 bits per heavy atom. The van der Waals surface area contributed by atoms with E-state index in [1.165, 1.54) is 12.1 Å². The van der Waals surface area contributed by atoms with Crippen LogP contribution in [0, 0.1) is 0 Å². The van der Waals surface area contributed by atoms with Crippen LogP contribution in [-0.4, -0.2) is 12.3 Å². The van der Waals surface area contributed by atoms with Crippen molar-refractivity contribution in [2.75, 3.05) is 11.9 Å². The summed E-state index contributed by atoms with van der Waals surface area (Å²) < 4.78 is 0.640. The highest BCUT2D eigenvalue weighted by Crippen LogP contribution is 2.26. The molecule has 2 aromatic carbocycles. The van der Waals surface area contributed by atoms with E-state index in [-0.39, 0.29) is 11.0 Å². The summed E-state index contributed by atoms with van der Waals surface area (Å²) in [7, 11) is 0. The highest BCUT2D eigenvalue weighted by molar-refractivity contribution is 9.10. The molecule has 124 valence electrons. The predicted molar refractivity (Wildman–Crippen MR) is 104 cm³/mol. The van der Waals surface area contributed by atoms with Gasteiger partial charge in [-0.3, -0.25) is 9.59 Å². The molecule has 0 aliphatic heterocycles. The van der Waals surface area contributed by atoms with Crippen molar-refractivity contribution in [3.05, 3.63) is 78.3 Å². The highest BCUT2D eigenvalue weighted by Gasteiger charge is 2.11. The van der Waals surface area contributed by atoms with Gasteiger partial charge >= 0.3 is 0 Å². The van der Waals surface area contributed by atoms with E-state index in [0.29, 0.717) is 32.3 Å². The van der Waals surface area contributed by atoms with Crippen molar-refractivity contribution >= 4 is 56.7 Å². The molecule has 0 aromatic heterocycles. The molecular weight excluding hydrogens is 413 g/mol. The van der Waals surface area contributed by atoms with Gasteiger partial charge in [-0.15, -0.1) is 0 Å². The van der Waals surface area contributed by atoms with Crippen LogP contribution in [0.4, 0.5) is 5.69 Å². The van der Waals surface area contributed by atoms with Gasteiger partial charge < -0.3 is 5.32 Å². The van der Waals surface area contributed by atoms with Crippen molar-refractivity contribution < 1.29 is 4.79 Å². The standard InChI is InChI=1S/C18H14BrCl2NO2/c1-2-22-15-8-7-12(19)10-13(18(15)24)16(23)9-6-11-4-3-5-14(20)17(11)21/h3-10H,2H2,1H3,(H,22,24). The number of nitrogens with one attached hydrogen (secondary N) is 1. The molecule has 0 spiro atoms. The Kier molecular flexibility index (Phi) is 6.60. The summed E-state index contributed by atoms with van der Waals surface area (Å²) in [5.74, 6) is -0.410. The fraction of sp³-hybridized carbons (Fsp3) is 0.111. The molecule has 2 aromatic rings. The van der Waals surface area contributed by atoms with E-state index in [1.54, 1.807) is 36.4 Å². The zero-order valence-corrected chi connectivity index (χ0v) is 15.9. The lowest BCUT2D eigenvalue weighted by atomic mass is 10.1.